The lowest BCUT2D eigenvalue weighted by molar-refractivity contribution is 0.0981. The number of rotatable bonds is 5. The lowest BCUT2D eigenvalue weighted by Gasteiger charge is -2.38. The molecular weight excluding hydrogens is 530 g/mol. The Balaban J connectivity index is 1.37. The maximum Gasteiger partial charge on any atom is 0.281 e. The predicted octanol–water partition coefficient (Wildman–Crippen LogP) is 3.91. The Morgan fingerprint density at radius 1 is 1.05 bits per heavy atom. The average Bonchev–Trinajstić information content (AvgIpc) is 3.31. The largest absolute Gasteiger partial charge is 0.477 e. The maximum atomic E-state index is 13.5. The molecule has 1 atom stereocenters. The Morgan fingerprint density at radius 3 is 2.67 bits per heavy atom. The number of pyridine rings is 2. The van der Waals surface area contributed by atoms with Crippen LogP contribution in [0.25, 0.3) is 5.82 Å². The molecule has 3 aromatic heterocycles. The monoisotopic (exact) mass is 565 g/mol. The highest BCUT2D eigenvalue weighted by molar-refractivity contribution is 7.90. The number of nitrogens with zero attached hydrogens (tertiary/aromatic N) is 5. The molecule has 1 amide bonds. The number of fused-ring (bicyclic) bond motifs is 5. The van der Waals surface area contributed by atoms with E-state index >= 15 is 0 Å². The van der Waals surface area contributed by atoms with E-state index in [-0.39, 0.29) is 22.2 Å². The molecule has 11 nitrogen and oxygen atoms in total. The van der Waals surface area contributed by atoms with Crippen molar-refractivity contribution >= 4 is 27.6 Å². The van der Waals surface area contributed by atoms with Gasteiger partial charge in [-0.15, -0.1) is 5.10 Å². The van der Waals surface area contributed by atoms with Gasteiger partial charge in [0, 0.05) is 30.4 Å². The van der Waals surface area contributed by atoms with Gasteiger partial charge in [0.05, 0.1) is 12.2 Å². The van der Waals surface area contributed by atoms with Crippen molar-refractivity contribution in [3.63, 3.8) is 0 Å². The van der Waals surface area contributed by atoms with E-state index in [0.29, 0.717) is 41.9 Å². The molecule has 2 aliphatic heterocycles. The first-order valence-electron chi connectivity index (χ1n) is 13.8. The van der Waals surface area contributed by atoms with Crippen LogP contribution < -0.4 is 19.7 Å². The first-order valence-corrected chi connectivity index (χ1v) is 15.3. The molecule has 1 aliphatic carbocycles. The number of hydrogen-bond acceptors (Lipinski definition) is 9. The minimum Gasteiger partial charge on any atom is -0.477 e. The Hall–Kier alpha value is -3.67. The van der Waals surface area contributed by atoms with Gasteiger partial charge in [-0.05, 0) is 82.1 Å². The van der Waals surface area contributed by atoms with E-state index < -0.39 is 15.9 Å². The van der Waals surface area contributed by atoms with Crippen LogP contribution in [-0.2, 0) is 10.0 Å². The number of carbonyl (C=O) groups excluding carboxylic acids is 1. The van der Waals surface area contributed by atoms with Crippen LogP contribution in [0.2, 0.25) is 0 Å². The van der Waals surface area contributed by atoms with Crippen LogP contribution in [0.1, 0.15) is 69.7 Å². The van der Waals surface area contributed by atoms with E-state index in [4.69, 9.17) is 9.72 Å². The van der Waals surface area contributed by atoms with E-state index in [1.165, 1.54) is 18.9 Å². The van der Waals surface area contributed by atoms with Gasteiger partial charge in [0.15, 0.2) is 10.8 Å². The summed E-state index contributed by atoms with van der Waals surface area (Å²) in [4.78, 5) is 24.8. The molecule has 1 unspecified atom stereocenters. The summed E-state index contributed by atoms with van der Waals surface area (Å²) in [5.74, 6) is 1.14. The average molecular weight is 566 g/mol. The summed E-state index contributed by atoms with van der Waals surface area (Å²) >= 11 is 0. The van der Waals surface area contributed by atoms with Crippen molar-refractivity contribution in [1.29, 1.82) is 0 Å². The zero-order chi connectivity index (χ0) is 28.1. The van der Waals surface area contributed by atoms with Crippen LogP contribution in [0.3, 0.4) is 0 Å². The van der Waals surface area contributed by atoms with Crippen LogP contribution >= 0.6 is 0 Å². The minimum absolute atomic E-state index is 0.0812. The number of nitrogens with one attached hydrogen (secondary N) is 2. The van der Waals surface area contributed by atoms with Crippen molar-refractivity contribution in [1.82, 2.24) is 24.5 Å². The van der Waals surface area contributed by atoms with Crippen molar-refractivity contribution in [3.8, 4) is 11.7 Å². The minimum atomic E-state index is -4.21. The summed E-state index contributed by atoms with van der Waals surface area (Å²) < 4.78 is 35.9. The SMILES string of the molecule is CC1(CCOc2ccn(-c3ccc4c(n3)N3C(CCNc5cccc(n5)S(=O)(=O)NC4=O)CCC3(C)C)n2)CC1. The molecule has 1 saturated heterocycles. The first-order chi connectivity index (χ1) is 19.0. The Kier molecular flexibility index (Phi) is 6.47. The van der Waals surface area contributed by atoms with Gasteiger partial charge < -0.3 is 15.0 Å². The highest BCUT2D eigenvalue weighted by Crippen LogP contribution is 2.48. The van der Waals surface area contributed by atoms with Gasteiger partial charge >= 0.3 is 0 Å². The summed E-state index contributed by atoms with van der Waals surface area (Å²) in [7, 11) is -4.21. The van der Waals surface area contributed by atoms with Crippen LogP contribution in [0, 0.1) is 5.41 Å². The normalized spacial score (nSPS) is 22.4. The summed E-state index contributed by atoms with van der Waals surface area (Å²) in [6.07, 6.45) is 7.82. The topological polar surface area (TPSA) is 131 Å². The molecule has 0 aromatic carbocycles. The Labute approximate surface area is 234 Å². The lowest BCUT2D eigenvalue weighted by Crippen LogP contribution is -2.45. The third-order valence-electron chi connectivity index (χ3n) is 8.31. The molecule has 0 spiro atoms. The van der Waals surface area contributed by atoms with Crippen LogP contribution in [0.5, 0.6) is 5.88 Å². The number of hydrogen-bond donors (Lipinski definition) is 2. The van der Waals surface area contributed by atoms with E-state index in [9.17, 15) is 13.2 Å². The number of amides is 1. The molecule has 2 N–H and O–H groups in total. The standard InChI is InChI=1S/C28H35N7O4S/c1-27(2)12-9-19-10-16-29-21-5-4-6-24(30-21)40(37,38)33-26(36)20-7-8-22(31-25(20)35(19)27)34-17-11-23(32-34)39-18-15-28(3)13-14-28/h4-8,11,17,19H,9-10,12-16,18H2,1-3H3,(H,29,30)(H,33,36). The molecule has 3 aromatic rings. The fourth-order valence-corrected chi connectivity index (χ4v) is 6.49. The van der Waals surface area contributed by atoms with Gasteiger partial charge in [-0.25, -0.2) is 19.4 Å². The summed E-state index contributed by atoms with van der Waals surface area (Å²) in [6, 6.07) is 9.86. The van der Waals surface area contributed by atoms with E-state index in [1.807, 2.05) is 0 Å². The van der Waals surface area contributed by atoms with E-state index in [1.54, 1.807) is 41.2 Å². The zero-order valence-electron chi connectivity index (χ0n) is 23.1. The molecular formula is C28H35N7O4S. The van der Waals surface area contributed by atoms with E-state index in [0.717, 1.165) is 25.7 Å². The second-order valence-corrected chi connectivity index (χ2v) is 13.6. The smallest absolute Gasteiger partial charge is 0.281 e. The highest BCUT2D eigenvalue weighted by Gasteiger charge is 2.42. The van der Waals surface area contributed by atoms with Gasteiger partial charge in [0.2, 0.25) is 5.88 Å². The molecule has 12 heteroatoms. The van der Waals surface area contributed by atoms with Crippen molar-refractivity contribution in [2.45, 2.75) is 75.9 Å². The summed E-state index contributed by atoms with van der Waals surface area (Å²) in [5, 5.41) is 7.58. The number of anilines is 2. The molecule has 2 bridgehead atoms. The highest BCUT2D eigenvalue weighted by atomic mass is 32.2. The second kappa shape index (κ2) is 9.76. The van der Waals surface area contributed by atoms with Gasteiger partial charge in [-0.1, -0.05) is 13.0 Å². The molecule has 0 radical (unpaired) electrons. The molecule has 6 rings (SSSR count). The van der Waals surface area contributed by atoms with Crippen molar-refractivity contribution < 1.29 is 17.9 Å². The van der Waals surface area contributed by atoms with Gasteiger partial charge in [0.25, 0.3) is 15.9 Å². The molecule has 40 heavy (non-hydrogen) atoms. The Bertz CT molecular complexity index is 1550. The predicted molar refractivity (Wildman–Crippen MR) is 150 cm³/mol. The second-order valence-electron chi connectivity index (χ2n) is 11.9. The van der Waals surface area contributed by atoms with E-state index in [2.05, 4.69) is 45.8 Å². The van der Waals surface area contributed by atoms with Crippen molar-refractivity contribution in [2.75, 3.05) is 23.4 Å². The fourth-order valence-electron chi connectivity index (χ4n) is 5.56. The number of carbonyl (C=O) groups is 1. The van der Waals surface area contributed by atoms with Crippen LogP contribution in [-0.4, -0.2) is 58.8 Å². The third kappa shape index (κ3) is 5.24. The maximum absolute atomic E-state index is 13.5. The molecule has 1 saturated carbocycles. The zero-order valence-corrected chi connectivity index (χ0v) is 23.9. The molecule has 3 aliphatic rings. The van der Waals surface area contributed by atoms with Gasteiger partial charge in [-0.3, -0.25) is 4.79 Å². The number of sulfonamides is 1. The lowest BCUT2D eigenvalue weighted by atomic mass is 10.0. The molecule has 212 valence electrons. The summed E-state index contributed by atoms with van der Waals surface area (Å²) in [6.45, 7) is 7.70. The Morgan fingerprint density at radius 2 is 1.88 bits per heavy atom. The van der Waals surface area contributed by atoms with Gasteiger partial charge in [0.1, 0.15) is 11.6 Å². The molecule has 2 fully saturated rings. The van der Waals surface area contributed by atoms with Gasteiger partial charge in [-0.2, -0.15) is 8.42 Å². The number of aromatic nitrogens is 4. The number of ether oxygens (including phenoxy) is 1. The summed E-state index contributed by atoms with van der Waals surface area (Å²) in [5.41, 5.74) is 0.268. The van der Waals surface area contributed by atoms with Crippen molar-refractivity contribution in [2.24, 2.45) is 5.41 Å². The van der Waals surface area contributed by atoms with Crippen LogP contribution in [0.15, 0.2) is 47.6 Å². The first kappa shape index (κ1) is 26.5. The van der Waals surface area contributed by atoms with Crippen molar-refractivity contribution in [3.05, 3.63) is 48.2 Å². The molecule has 5 heterocycles. The third-order valence-corrected chi connectivity index (χ3v) is 9.54. The quantitative estimate of drug-likeness (QED) is 0.473. The van der Waals surface area contributed by atoms with Crippen LogP contribution in [0.4, 0.5) is 11.6 Å². The fraction of sp³-hybridized carbons (Fsp3) is 0.500.